The molecule has 0 amide bonds. The van der Waals surface area contributed by atoms with E-state index in [0.717, 1.165) is 6.07 Å². The van der Waals surface area contributed by atoms with Crippen molar-refractivity contribution in [3.05, 3.63) is 29.3 Å². The summed E-state index contributed by atoms with van der Waals surface area (Å²) in [6.07, 6.45) is 1.25. The van der Waals surface area contributed by atoms with Crippen LogP contribution in [0, 0.1) is 11.6 Å². The van der Waals surface area contributed by atoms with Gasteiger partial charge in [0.2, 0.25) is 0 Å². The molecule has 1 nitrogen and oxygen atoms in total. The molecular formula is C10H11F2NS. The average molecular weight is 215 g/mol. The maximum atomic E-state index is 12.8. The van der Waals surface area contributed by atoms with Gasteiger partial charge in [0.25, 0.3) is 0 Å². The molecule has 1 aromatic carbocycles. The van der Waals surface area contributed by atoms with Gasteiger partial charge in [0.05, 0.1) is 10.2 Å². The third kappa shape index (κ3) is 2.48. The zero-order valence-corrected chi connectivity index (χ0v) is 8.87. The Balaban J connectivity index is 0.000000293. The first kappa shape index (κ1) is 11.0. The fourth-order valence-electron chi connectivity index (χ4n) is 0.893. The second-order valence-corrected chi connectivity index (χ2v) is 3.68. The number of halogens is 2. The quantitative estimate of drug-likeness (QED) is 0.647. The van der Waals surface area contributed by atoms with Crippen molar-refractivity contribution >= 4 is 21.6 Å². The van der Waals surface area contributed by atoms with Crippen LogP contribution in [0.4, 0.5) is 8.78 Å². The Kier molecular flexibility index (Phi) is 3.95. The van der Waals surface area contributed by atoms with Gasteiger partial charge in [-0.2, -0.15) is 0 Å². The number of nitrogens with zero attached hydrogens (tertiary/aromatic N) is 1. The normalized spacial score (nSPS) is 9.71. The molecule has 0 saturated carbocycles. The van der Waals surface area contributed by atoms with E-state index in [-0.39, 0.29) is 5.52 Å². The van der Waals surface area contributed by atoms with E-state index in [2.05, 4.69) is 18.8 Å². The third-order valence-electron chi connectivity index (χ3n) is 1.35. The molecule has 0 atom stereocenters. The van der Waals surface area contributed by atoms with Gasteiger partial charge in [-0.15, -0.1) is 11.3 Å². The number of fused-ring (bicyclic) bond motifs is 1. The highest BCUT2D eigenvalue weighted by molar-refractivity contribution is 7.16. The summed E-state index contributed by atoms with van der Waals surface area (Å²) in [7, 11) is 0. The topological polar surface area (TPSA) is 12.9 Å². The van der Waals surface area contributed by atoms with E-state index in [9.17, 15) is 8.78 Å². The molecule has 0 bridgehead atoms. The fourth-order valence-corrected chi connectivity index (χ4v) is 1.61. The Bertz CT molecular complexity index is 411. The van der Waals surface area contributed by atoms with Gasteiger partial charge in [-0.1, -0.05) is 20.3 Å². The first-order valence-electron chi connectivity index (χ1n) is 4.37. The van der Waals surface area contributed by atoms with Crippen molar-refractivity contribution in [3.8, 4) is 0 Å². The molecule has 0 fully saturated rings. The SMILES string of the molecule is CCC.Fc1cc(F)c2ncsc2c1. The monoisotopic (exact) mass is 215 g/mol. The van der Waals surface area contributed by atoms with Crippen LogP contribution in [0.3, 0.4) is 0 Å². The van der Waals surface area contributed by atoms with Gasteiger partial charge in [-0.25, -0.2) is 13.8 Å². The molecule has 0 unspecified atom stereocenters. The summed E-state index contributed by atoms with van der Waals surface area (Å²) < 4.78 is 25.8. The molecule has 0 spiro atoms. The Morgan fingerprint density at radius 2 is 1.93 bits per heavy atom. The second-order valence-electron chi connectivity index (χ2n) is 2.79. The molecule has 0 saturated heterocycles. The van der Waals surface area contributed by atoms with Crippen LogP contribution in [0.2, 0.25) is 0 Å². The standard InChI is InChI=1S/C7H3F2NS.C3H8/c8-4-1-5(9)7-6(2-4)11-3-10-7;1-3-2/h1-3H;3H2,1-2H3. The average Bonchev–Trinajstić information content (AvgIpc) is 2.53. The van der Waals surface area contributed by atoms with E-state index in [4.69, 9.17) is 0 Å². The Morgan fingerprint density at radius 1 is 1.29 bits per heavy atom. The molecule has 14 heavy (non-hydrogen) atoms. The highest BCUT2D eigenvalue weighted by atomic mass is 32.1. The summed E-state index contributed by atoms with van der Waals surface area (Å²) in [5, 5.41) is 0. The van der Waals surface area contributed by atoms with Crippen LogP contribution in [0.5, 0.6) is 0 Å². The van der Waals surface area contributed by atoms with Crippen LogP contribution in [0.1, 0.15) is 20.3 Å². The van der Waals surface area contributed by atoms with E-state index in [0.29, 0.717) is 4.70 Å². The van der Waals surface area contributed by atoms with Crippen molar-refractivity contribution in [2.45, 2.75) is 20.3 Å². The zero-order chi connectivity index (χ0) is 10.6. The predicted octanol–water partition coefficient (Wildman–Crippen LogP) is 3.99. The predicted molar refractivity (Wildman–Crippen MR) is 55.5 cm³/mol. The molecular weight excluding hydrogens is 204 g/mol. The molecule has 2 rings (SSSR count). The van der Waals surface area contributed by atoms with Crippen molar-refractivity contribution in [2.24, 2.45) is 0 Å². The summed E-state index contributed by atoms with van der Waals surface area (Å²) in [5.41, 5.74) is 1.74. The molecule has 76 valence electrons. The number of aromatic nitrogens is 1. The second kappa shape index (κ2) is 5.00. The van der Waals surface area contributed by atoms with E-state index in [1.54, 1.807) is 0 Å². The van der Waals surface area contributed by atoms with Crippen LogP contribution in [-0.2, 0) is 0 Å². The zero-order valence-electron chi connectivity index (χ0n) is 8.05. The van der Waals surface area contributed by atoms with Crippen molar-refractivity contribution in [1.29, 1.82) is 0 Å². The first-order chi connectivity index (χ1) is 6.69. The van der Waals surface area contributed by atoms with Crippen LogP contribution in [-0.4, -0.2) is 4.98 Å². The lowest BCUT2D eigenvalue weighted by Crippen LogP contribution is -1.79. The summed E-state index contributed by atoms with van der Waals surface area (Å²) in [5.74, 6) is -1.15. The van der Waals surface area contributed by atoms with Gasteiger partial charge in [-0.3, -0.25) is 0 Å². The lowest BCUT2D eigenvalue weighted by molar-refractivity contribution is 0.591. The smallest absolute Gasteiger partial charge is 0.153 e. The lowest BCUT2D eigenvalue weighted by Gasteiger charge is -1.90. The number of rotatable bonds is 0. The largest absolute Gasteiger partial charge is 0.242 e. The van der Waals surface area contributed by atoms with Gasteiger partial charge in [0.15, 0.2) is 5.82 Å². The number of thiazole rings is 1. The third-order valence-corrected chi connectivity index (χ3v) is 2.13. The number of hydrogen-bond donors (Lipinski definition) is 0. The van der Waals surface area contributed by atoms with Crippen LogP contribution in [0.15, 0.2) is 17.6 Å². The Labute approximate surface area is 85.4 Å². The van der Waals surface area contributed by atoms with Crippen LogP contribution >= 0.6 is 11.3 Å². The maximum absolute atomic E-state index is 12.8. The highest BCUT2D eigenvalue weighted by Crippen LogP contribution is 2.21. The van der Waals surface area contributed by atoms with E-state index in [1.807, 2.05) is 0 Å². The molecule has 1 heterocycles. The minimum absolute atomic E-state index is 0.247. The van der Waals surface area contributed by atoms with Crippen LogP contribution < -0.4 is 0 Å². The van der Waals surface area contributed by atoms with E-state index < -0.39 is 11.6 Å². The van der Waals surface area contributed by atoms with Gasteiger partial charge in [0.1, 0.15) is 11.3 Å². The summed E-state index contributed by atoms with van der Waals surface area (Å²) in [4.78, 5) is 3.74. The molecule has 0 radical (unpaired) electrons. The molecule has 0 N–H and O–H groups in total. The maximum Gasteiger partial charge on any atom is 0.153 e. The fraction of sp³-hybridized carbons (Fsp3) is 0.300. The van der Waals surface area contributed by atoms with Gasteiger partial charge < -0.3 is 0 Å². The van der Waals surface area contributed by atoms with E-state index in [1.165, 1.54) is 29.3 Å². The lowest BCUT2D eigenvalue weighted by atomic mass is 10.3. The molecule has 0 aliphatic heterocycles. The minimum Gasteiger partial charge on any atom is -0.242 e. The highest BCUT2D eigenvalue weighted by Gasteiger charge is 2.04. The molecule has 0 aliphatic carbocycles. The summed E-state index contributed by atoms with van der Waals surface area (Å²) >= 11 is 1.22. The van der Waals surface area contributed by atoms with Crippen molar-refractivity contribution in [1.82, 2.24) is 4.98 Å². The summed E-state index contributed by atoms with van der Waals surface area (Å²) in [6.45, 7) is 4.25. The van der Waals surface area contributed by atoms with Crippen molar-refractivity contribution < 1.29 is 8.78 Å². The number of benzene rings is 1. The number of hydrogen-bond acceptors (Lipinski definition) is 2. The Morgan fingerprint density at radius 3 is 2.57 bits per heavy atom. The van der Waals surface area contributed by atoms with Crippen molar-refractivity contribution in [2.75, 3.05) is 0 Å². The molecule has 4 heteroatoms. The summed E-state index contributed by atoms with van der Waals surface area (Å²) in [6, 6.07) is 2.11. The van der Waals surface area contributed by atoms with Crippen molar-refractivity contribution in [3.63, 3.8) is 0 Å². The molecule has 2 aromatic rings. The van der Waals surface area contributed by atoms with Crippen LogP contribution in [0.25, 0.3) is 10.2 Å². The van der Waals surface area contributed by atoms with E-state index >= 15 is 0 Å². The van der Waals surface area contributed by atoms with Gasteiger partial charge >= 0.3 is 0 Å². The Hall–Kier alpha value is -1.03. The first-order valence-corrected chi connectivity index (χ1v) is 5.25. The minimum atomic E-state index is -0.596. The van der Waals surface area contributed by atoms with Gasteiger partial charge in [0, 0.05) is 6.07 Å². The molecule has 0 aliphatic rings. The molecule has 1 aromatic heterocycles. The van der Waals surface area contributed by atoms with Gasteiger partial charge in [-0.05, 0) is 6.07 Å².